The van der Waals surface area contributed by atoms with E-state index in [-0.39, 0.29) is 24.7 Å². The van der Waals surface area contributed by atoms with Crippen LogP contribution < -0.4 is 10.6 Å². The minimum absolute atomic E-state index is 0.0455. The van der Waals surface area contributed by atoms with Crippen LogP contribution in [0.4, 0.5) is 13.6 Å². The molecule has 3 N–H and O–H groups in total. The van der Waals surface area contributed by atoms with Crippen molar-refractivity contribution in [2.45, 2.75) is 44.8 Å². The van der Waals surface area contributed by atoms with Crippen molar-refractivity contribution in [3.8, 4) is 0 Å². The molecule has 2 rings (SSSR count). The molecular formula is C17H25F2N3O2. The molecule has 0 saturated carbocycles. The third kappa shape index (κ3) is 5.72. The van der Waals surface area contributed by atoms with Gasteiger partial charge in [0.25, 0.3) is 0 Å². The molecule has 0 unspecified atom stereocenters. The number of urea groups is 1. The van der Waals surface area contributed by atoms with Crippen molar-refractivity contribution in [1.82, 2.24) is 15.5 Å². The summed E-state index contributed by atoms with van der Waals surface area (Å²) >= 11 is 0. The molecule has 7 heteroatoms. The molecule has 5 nitrogen and oxygen atoms in total. The molecule has 24 heavy (non-hydrogen) atoms. The van der Waals surface area contributed by atoms with Gasteiger partial charge >= 0.3 is 6.03 Å². The lowest BCUT2D eigenvalue weighted by molar-refractivity contribution is 0.184. The molecule has 1 aromatic carbocycles. The first kappa shape index (κ1) is 18.6. The average Bonchev–Trinajstić information content (AvgIpc) is 2.53. The standard InChI is InChI=1S/C17H25F2N3O2/c1-12(6-9-23)20-17(24)21-14-4-7-22(8-5-14)11-13-2-3-15(18)16(19)10-13/h2-3,10,12,14,23H,4-9,11H2,1H3,(H2,20,21,24)/t12-/m1/s1. The number of aliphatic hydroxyl groups excluding tert-OH is 1. The quantitative estimate of drug-likeness (QED) is 0.741. The molecule has 1 aliphatic heterocycles. The number of nitrogens with zero attached hydrogens (tertiary/aromatic N) is 1. The van der Waals surface area contributed by atoms with Crippen LogP contribution in [0.25, 0.3) is 0 Å². The summed E-state index contributed by atoms with van der Waals surface area (Å²) in [6.07, 6.45) is 2.15. The molecular weight excluding hydrogens is 316 g/mol. The fourth-order valence-corrected chi connectivity index (χ4v) is 2.85. The number of nitrogens with one attached hydrogen (secondary N) is 2. The fraction of sp³-hybridized carbons (Fsp3) is 0.588. The molecule has 0 aromatic heterocycles. The van der Waals surface area contributed by atoms with Crippen molar-refractivity contribution in [3.63, 3.8) is 0 Å². The highest BCUT2D eigenvalue weighted by Crippen LogP contribution is 2.15. The number of piperidine rings is 1. The topological polar surface area (TPSA) is 64.6 Å². The van der Waals surface area contributed by atoms with E-state index in [1.54, 1.807) is 6.07 Å². The van der Waals surface area contributed by atoms with Crippen molar-refractivity contribution in [2.24, 2.45) is 0 Å². The monoisotopic (exact) mass is 341 g/mol. The Morgan fingerprint density at radius 3 is 2.67 bits per heavy atom. The Kier molecular flexibility index (Phi) is 6.93. The minimum Gasteiger partial charge on any atom is -0.396 e. The molecule has 134 valence electrons. The lowest BCUT2D eigenvalue weighted by Crippen LogP contribution is -2.49. The second-order valence-electron chi connectivity index (χ2n) is 6.33. The van der Waals surface area contributed by atoms with Crippen LogP contribution >= 0.6 is 0 Å². The van der Waals surface area contributed by atoms with E-state index in [0.29, 0.717) is 13.0 Å². The highest BCUT2D eigenvalue weighted by atomic mass is 19.2. The zero-order chi connectivity index (χ0) is 17.5. The van der Waals surface area contributed by atoms with Gasteiger partial charge in [0.15, 0.2) is 11.6 Å². The Morgan fingerprint density at radius 1 is 1.33 bits per heavy atom. The number of hydrogen-bond donors (Lipinski definition) is 3. The Labute approximate surface area is 141 Å². The largest absolute Gasteiger partial charge is 0.396 e. The van der Waals surface area contributed by atoms with Crippen molar-refractivity contribution in [1.29, 1.82) is 0 Å². The number of likely N-dealkylation sites (tertiary alicyclic amines) is 1. The van der Waals surface area contributed by atoms with E-state index in [9.17, 15) is 13.6 Å². The molecule has 1 heterocycles. The van der Waals surface area contributed by atoms with Crippen molar-refractivity contribution >= 4 is 6.03 Å². The zero-order valence-corrected chi connectivity index (χ0v) is 13.9. The third-order valence-electron chi connectivity index (χ3n) is 4.25. The summed E-state index contributed by atoms with van der Waals surface area (Å²) in [6.45, 7) is 4.04. The summed E-state index contributed by atoms with van der Waals surface area (Å²) in [7, 11) is 0. The van der Waals surface area contributed by atoms with Gasteiger partial charge in [0.1, 0.15) is 0 Å². The Hall–Kier alpha value is -1.73. The van der Waals surface area contributed by atoms with Crippen LogP contribution in [0.2, 0.25) is 0 Å². The maximum absolute atomic E-state index is 13.2. The van der Waals surface area contributed by atoms with Crippen molar-refractivity contribution in [2.75, 3.05) is 19.7 Å². The van der Waals surface area contributed by atoms with Gasteiger partial charge in [0, 0.05) is 38.3 Å². The number of aliphatic hydroxyl groups is 1. The fourth-order valence-electron chi connectivity index (χ4n) is 2.85. The number of carbonyl (C=O) groups is 1. The predicted octanol–water partition coefficient (Wildman–Crippen LogP) is 2.00. The molecule has 0 aliphatic carbocycles. The van der Waals surface area contributed by atoms with Crippen LogP contribution in [0.15, 0.2) is 18.2 Å². The summed E-state index contributed by atoms with van der Waals surface area (Å²) < 4.78 is 26.2. The van der Waals surface area contributed by atoms with Gasteiger partial charge in [-0.3, -0.25) is 4.90 Å². The van der Waals surface area contributed by atoms with E-state index in [1.165, 1.54) is 6.07 Å². The number of halogens is 2. The van der Waals surface area contributed by atoms with Gasteiger partial charge < -0.3 is 15.7 Å². The van der Waals surface area contributed by atoms with Crippen molar-refractivity contribution in [3.05, 3.63) is 35.4 Å². The van der Waals surface area contributed by atoms with Gasteiger partial charge in [-0.1, -0.05) is 6.07 Å². The first-order valence-electron chi connectivity index (χ1n) is 8.32. The van der Waals surface area contributed by atoms with Gasteiger partial charge in [0.05, 0.1) is 0 Å². The number of rotatable bonds is 6. The number of carbonyl (C=O) groups excluding carboxylic acids is 1. The number of amides is 2. The molecule has 0 bridgehead atoms. The van der Waals surface area contributed by atoms with Crippen LogP contribution in [0.1, 0.15) is 31.7 Å². The molecule has 1 fully saturated rings. The molecule has 2 amide bonds. The Morgan fingerprint density at radius 2 is 2.04 bits per heavy atom. The normalized spacial score (nSPS) is 17.5. The van der Waals surface area contributed by atoms with Crippen LogP contribution in [-0.4, -0.2) is 47.8 Å². The number of benzene rings is 1. The molecule has 1 atom stereocenters. The highest BCUT2D eigenvalue weighted by molar-refractivity contribution is 5.74. The second kappa shape index (κ2) is 8.94. The first-order valence-corrected chi connectivity index (χ1v) is 8.32. The van der Waals surface area contributed by atoms with E-state index < -0.39 is 11.6 Å². The van der Waals surface area contributed by atoms with Gasteiger partial charge in [-0.05, 0) is 43.9 Å². The van der Waals surface area contributed by atoms with E-state index in [0.717, 1.165) is 37.6 Å². The smallest absolute Gasteiger partial charge is 0.315 e. The summed E-state index contributed by atoms with van der Waals surface area (Å²) in [5.74, 6) is -1.65. The summed E-state index contributed by atoms with van der Waals surface area (Å²) in [5, 5.41) is 14.6. The summed E-state index contributed by atoms with van der Waals surface area (Å²) in [4.78, 5) is 14.0. The van der Waals surface area contributed by atoms with Crippen LogP contribution in [0.3, 0.4) is 0 Å². The molecule has 1 aromatic rings. The highest BCUT2D eigenvalue weighted by Gasteiger charge is 2.21. The van der Waals surface area contributed by atoms with Crippen LogP contribution in [-0.2, 0) is 6.54 Å². The average molecular weight is 341 g/mol. The molecule has 1 saturated heterocycles. The van der Waals surface area contributed by atoms with Gasteiger partial charge in [-0.2, -0.15) is 0 Å². The lowest BCUT2D eigenvalue weighted by Gasteiger charge is -2.32. The zero-order valence-electron chi connectivity index (χ0n) is 13.9. The van der Waals surface area contributed by atoms with E-state index in [4.69, 9.17) is 5.11 Å². The second-order valence-corrected chi connectivity index (χ2v) is 6.33. The summed E-state index contributed by atoms with van der Waals surface area (Å²) in [5.41, 5.74) is 0.746. The van der Waals surface area contributed by atoms with Gasteiger partial charge in [-0.15, -0.1) is 0 Å². The first-order chi connectivity index (χ1) is 11.5. The molecule has 0 spiro atoms. The van der Waals surface area contributed by atoms with Crippen LogP contribution in [0, 0.1) is 11.6 Å². The maximum atomic E-state index is 13.2. The summed E-state index contributed by atoms with van der Waals surface area (Å²) in [6, 6.07) is 3.80. The Balaban J connectivity index is 1.73. The SMILES string of the molecule is C[C@H](CCO)NC(=O)NC1CCN(Cc2ccc(F)c(F)c2)CC1. The molecule has 1 aliphatic rings. The molecule has 0 radical (unpaired) electrons. The van der Waals surface area contributed by atoms with Gasteiger partial charge in [-0.25, -0.2) is 13.6 Å². The Bertz CT molecular complexity index is 549. The third-order valence-corrected chi connectivity index (χ3v) is 4.25. The van der Waals surface area contributed by atoms with E-state index in [2.05, 4.69) is 15.5 Å². The van der Waals surface area contributed by atoms with Gasteiger partial charge in [0.2, 0.25) is 0 Å². The van der Waals surface area contributed by atoms with Crippen molar-refractivity contribution < 1.29 is 18.7 Å². The van der Waals surface area contributed by atoms with E-state index >= 15 is 0 Å². The predicted molar refractivity (Wildman–Crippen MR) is 87.5 cm³/mol. The lowest BCUT2D eigenvalue weighted by atomic mass is 10.0. The van der Waals surface area contributed by atoms with Crippen LogP contribution in [0.5, 0.6) is 0 Å². The maximum Gasteiger partial charge on any atom is 0.315 e. The minimum atomic E-state index is -0.830. The van der Waals surface area contributed by atoms with E-state index in [1.807, 2.05) is 6.92 Å². The number of hydrogen-bond acceptors (Lipinski definition) is 3.